The summed E-state index contributed by atoms with van der Waals surface area (Å²) in [5.74, 6) is 0. The Morgan fingerprint density at radius 3 is 1.70 bits per heavy atom. The maximum absolute atomic E-state index is 2.39. The molecule has 166 valence electrons. The van der Waals surface area contributed by atoms with E-state index in [1.54, 1.807) is 0 Å². The molecule has 0 saturated carbocycles. The van der Waals surface area contributed by atoms with Crippen LogP contribution in [0.15, 0.2) is 54.6 Å². The van der Waals surface area contributed by atoms with Crippen LogP contribution in [0.5, 0.6) is 0 Å². The zero-order chi connectivity index (χ0) is 21.1. The standard InChI is InChI=1S/C30H46/c1-2-3-4-5-6-7-8-9-10-11-12-13-14-15-16-17-18-19-23-28-25-22-26-29-24-20-21-27-30(28)29/h18-22,24-27H,2-17,23H2,1H3/b19-18+. The van der Waals surface area contributed by atoms with Crippen LogP contribution in [0, 0.1) is 0 Å². The fraction of sp³-hybridized carbons (Fsp3) is 0.600. The second kappa shape index (κ2) is 17.2. The SMILES string of the molecule is CCCCCCCCCCCCCCCCC/C=C/Cc1cccc2ccccc12. The molecule has 0 fully saturated rings. The van der Waals surface area contributed by atoms with Crippen molar-refractivity contribution in [2.45, 2.75) is 116 Å². The summed E-state index contributed by atoms with van der Waals surface area (Å²) in [6.07, 6.45) is 28.6. The molecule has 2 aromatic carbocycles. The van der Waals surface area contributed by atoms with Gasteiger partial charge in [-0.2, -0.15) is 0 Å². The maximum atomic E-state index is 2.39. The van der Waals surface area contributed by atoms with Gasteiger partial charge < -0.3 is 0 Å². The second-order valence-electron chi connectivity index (χ2n) is 9.05. The number of fused-ring (bicyclic) bond motifs is 1. The molecule has 30 heavy (non-hydrogen) atoms. The van der Waals surface area contributed by atoms with E-state index in [0.29, 0.717) is 0 Å². The summed E-state index contributed by atoms with van der Waals surface area (Å²) in [7, 11) is 0. The molecule has 2 rings (SSSR count). The molecule has 0 bridgehead atoms. The summed E-state index contributed by atoms with van der Waals surface area (Å²) in [6.45, 7) is 2.30. The van der Waals surface area contributed by atoms with Crippen LogP contribution in [0.4, 0.5) is 0 Å². The maximum Gasteiger partial charge on any atom is -0.00913 e. The molecule has 0 nitrogen and oxygen atoms in total. The fourth-order valence-corrected chi connectivity index (χ4v) is 4.43. The largest absolute Gasteiger partial charge is 0.0882 e. The van der Waals surface area contributed by atoms with Crippen molar-refractivity contribution in [3.8, 4) is 0 Å². The second-order valence-corrected chi connectivity index (χ2v) is 9.05. The molecule has 0 saturated heterocycles. The van der Waals surface area contributed by atoms with Gasteiger partial charge in [0.1, 0.15) is 0 Å². The number of rotatable bonds is 18. The highest BCUT2D eigenvalue weighted by atomic mass is 14.0. The van der Waals surface area contributed by atoms with Gasteiger partial charge in [0, 0.05) is 0 Å². The minimum Gasteiger partial charge on any atom is -0.0882 e. The first kappa shape index (κ1) is 24.7. The third-order valence-electron chi connectivity index (χ3n) is 6.36. The zero-order valence-corrected chi connectivity index (χ0v) is 19.7. The van der Waals surface area contributed by atoms with E-state index in [9.17, 15) is 0 Å². The highest BCUT2D eigenvalue weighted by Crippen LogP contribution is 2.19. The van der Waals surface area contributed by atoms with E-state index in [2.05, 4.69) is 61.5 Å². The molecule has 0 aliphatic rings. The van der Waals surface area contributed by atoms with Crippen LogP contribution in [-0.2, 0) is 6.42 Å². The fourth-order valence-electron chi connectivity index (χ4n) is 4.43. The Bertz CT molecular complexity index is 676. The summed E-state index contributed by atoms with van der Waals surface area (Å²) < 4.78 is 0. The van der Waals surface area contributed by atoms with Crippen molar-refractivity contribution in [2.24, 2.45) is 0 Å². The van der Waals surface area contributed by atoms with Gasteiger partial charge in [-0.05, 0) is 35.6 Å². The Morgan fingerprint density at radius 1 is 0.533 bits per heavy atom. The lowest BCUT2D eigenvalue weighted by molar-refractivity contribution is 0.533. The van der Waals surface area contributed by atoms with Crippen LogP contribution < -0.4 is 0 Å². The molecule has 0 amide bonds. The van der Waals surface area contributed by atoms with Crippen molar-refractivity contribution in [1.29, 1.82) is 0 Å². The number of hydrogen-bond donors (Lipinski definition) is 0. The summed E-state index contributed by atoms with van der Waals surface area (Å²) in [6, 6.07) is 15.4. The smallest absolute Gasteiger partial charge is 0.00913 e. The van der Waals surface area contributed by atoms with Gasteiger partial charge in [0.15, 0.2) is 0 Å². The third-order valence-corrected chi connectivity index (χ3v) is 6.36. The lowest BCUT2D eigenvalue weighted by atomic mass is 10.0. The number of unbranched alkanes of at least 4 members (excludes halogenated alkanes) is 15. The Hall–Kier alpha value is -1.56. The van der Waals surface area contributed by atoms with E-state index < -0.39 is 0 Å². The first-order valence-electron chi connectivity index (χ1n) is 13.0. The lowest BCUT2D eigenvalue weighted by Crippen LogP contribution is -1.84. The Balaban J connectivity index is 1.37. The first-order valence-corrected chi connectivity index (χ1v) is 13.0. The number of benzene rings is 2. The van der Waals surface area contributed by atoms with Gasteiger partial charge >= 0.3 is 0 Å². The molecule has 0 radical (unpaired) electrons. The summed E-state index contributed by atoms with van der Waals surface area (Å²) in [5.41, 5.74) is 1.45. The molecule has 0 aliphatic heterocycles. The van der Waals surface area contributed by atoms with Crippen LogP contribution in [0.3, 0.4) is 0 Å². The van der Waals surface area contributed by atoms with E-state index in [1.807, 2.05) is 0 Å². The number of allylic oxidation sites excluding steroid dienone is 2. The first-order chi connectivity index (χ1) is 14.9. The van der Waals surface area contributed by atoms with Gasteiger partial charge in [-0.3, -0.25) is 0 Å². The monoisotopic (exact) mass is 406 g/mol. The molecule has 2 aromatic rings. The molecular weight excluding hydrogens is 360 g/mol. The minimum absolute atomic E-state index is 1.06. The van der Waals surface area contributed by atoms with Crippen LogP contribution in [0.1, 0.15) is 115 Å². The van der Waals surface area contributed by atoms with Gasteiger partial charge in [0.25, 0.3) is 0 Å². The normalized spacial score (nSPS) is 11.6. The van der Waals surface area contributed by atoms with E-state index in [0.717, 1.165) is 6.42 Å². The highest BCUT2D eigenvalue weighted by Gasteiger charge is 1.98. The number of hydrogen-bond acceptors (Lipinski definition) is 0. The van der Waals surface area contributed by atoms with Crippen molar-refractivity contribution in [3.05, 3.63) is 60.2 Å². The molecule has 0 heteroatoms. The van der Waals surface area contributed by atoms with Crippen LogP contribution in [0.2, 0.25) is 0 Å². The molecule has 0 unspecified atom stereocenters. The summed E-state index contributed by atoms with van der Waals surface area (Å²) >= 11 is 0. The van der Waals surface area contributed by atoms with Crippen molar-refractivity contribution >= 4 is 10.8 Å². The van der Waals surface area contributed by atoms with E-state index >= 15 is 0 Å². The van der Waals surface area contributed by atoms with Gasteiger partial charge in [-0.15, -0.1) is 0 Å². The van der Waals surface area contributed by atoms with E-state index in [4.69, 9.17) is 0 Å². The summed E-state index contributed by atoms with van der Waals surface area (Å²) in [5, 5.41) is 2.75. The van der Waals surface area contributed by atoms with Crippen LogP contribution in [0.25, 0.3) is 10.8 Å². The van der Waals surface area contributed by atoms with Crippen LogP contribution in [-0.4, -0.2) is 0 Å². The van der Waals surface area contributed by atoms with Crippen molar-refractivity contribution in [3.63, 3.8) is 0 Å². The van der Waals surface area contributed by atoms with E-state index in [-0.39, 0.29) is 0 Å². The van der Waals surface area contributed by atoms with Gasteiger partial charge in [-0.25, -0.2) is 0 Å². The zero-order valence-electron chi connectivity index (χ0n) is 19.7. The van der Waals surface area contributed by atoms with E-state index in [1.165, 1.54) is 119 Å². The predicted molar refractivity (Wildman–Crippen MR) is 136 cm³/mol. The molecule has 0 aliphatic carbocycles. The molecule has 0 atom stereocenters. The Kier molecular flexibility index (Phi) is 14.1. The highest BCUT2D eigenvalue weighted by molar-refractivity contribution is 5.85. The molecule has 0 spiro atoms. The quantitative estimate of drug-likeness (QED) is 0.170. The van der Waals surface area contributed by atoms with Crippen molar-refractivity contribution in [1.82, 2.24) is 0 Å². The lowest BCUT2D eigenvalue weighted by Gasteiger charge is -2.04. The molecule has 0 N–H and O–H groups in total. The topological polar surface area (TPSA) is 0 Å². The Labute approximate surface area is 187 Å². The van der Waals surface area contributed by atoms with Gasteiger partial charge in [0.05, 0.1) is 0 Å². The van der Waals surface area contributed by atoms with Gasteiger partial charge in [0.2, 0.25) is 0 Å². The molecule has 0 aromatic heterocycles. The average molecular weight is 407 g/mol. The minimum atomic E-state index is 1.06. The average Bonchev–Trinajstić information content (AvgIpc) is 2.78. The third kappa shape index (κ3) is 11.0. The van der Waals surface area contributed by atoms with Crippen molar-refractivity contribution < 1.29 is 0 Å². The Morgan fingerprint density at radius 2 is 1.07 bits per heavy atom. The molecule has 0 heterocycles. The molecular formula is C30H46. The predicted octanol–water partition coefficient (Wildman–Crippen LogP) is 10.2. The van der Waals surface area contributed by atoms with Crippen LogP contribution >= 0.6 is 0 Å². The van der Waals surface area contributed by atoms with Gasteiger partial charge in [-0.1, -0.05) is 151 Å². The summed E-state index contributed by atoms with van der Waals surface area (Å²) in [4.78, 5) is 0. The van der Waals surface area contributed by atoms with Crippen molar-refractivity contribution in [2.75, 3.05) is 0 Å².